The van der Waals surface area contributed by atoms with Gasteiger partial charge in [0.25, 0.3) is 0 Å². The number of pyridine rings is 1. The molecular weight excluding hydrogens is 279 g/mol. The number of aromatic nitrogens is 1. The van der Waals surface area contributed by atoms with Crippen molar-refractivity contribution in [1.82, 2.24) is 4.57 Å². The highest BCUT2D eigenvalue weighted by Crippen LogP contribution is 2.32. The first-order chi connectivity index (χ1) is 9.98. The van der Waals surface area contributed by atoms with E-state index in [1.54, 1.807) is 42.5 Å². The molecule has 1 aromatic heterocycles. The Labute approximate surface area is 118 Å². The lowest BCUT2D eigenvalue weighted by atomic mass is 10.1. The molecule has 0 spiro atoms. The van der Waals surface area contributed by atoms with Crippen LogP contribution < -0.4 is 5.43 Å². The van der Waals surface area contributed by atoms with Crippen molar-refractivity contribution in [3.05, 3.63) is 76.6 Å². The zero-order chi connectivity index (χ0) is 15.0. The fourth-order valence-corrected chi connectivity index (χ4v) is 2.34. The van der Waals surface area contributed by atoms with Crippen LogP contribution in [0.15, 0.2) is 65.5 Å². The first-order valence-electron chi connectivity index (χ1n) is 6.26. The number of para-hydroxylation sites is 2. The molecule has 0 N–H and O–H groups in total. The second-order valence-electron chi connectivity index (χ2n) is 4.58. The molecule has 1 heterocycles. The van der Waals surface area contributed by atoms with Gasteiger partial charge in [-0.3, -0.25) is 4.79 Å². The smallest absolute Gasteiger partial charge is 0.305 e. The Morgan fingerprint density at radius 1 is 0.857 bits per heavy atom. The van der Waals surface area contributed by atoms with E-state index in [1.807, 2.05) is 0 Å². The molecule has 0 aliphatic carbocycles. The Bertz CT molecular complexity index is 851. The molecule has 0 unspecified atom stereocenters. The van der Waals surface area contributed by atoms with Gasteiger partial charge in [-0.15, -0.1) is 0 Å². The van der Waals surface area contributed by atoms with E-state index in [2.05, 4.69) is 0 Å². The third kappa shape index (κ3) is 2.31. The molecule has 106 valence electrons. The van der Waals surface area contributed by atoms with E-state index in [4.69, 9.17) is 0 Å². The molecule has 0 aliphatic rings. The molecule has 2 nitrogen and oxygen atoms in total. The molecule has 0 atom stereocenters. The average Bonchev–Trinajstić information content (AvgIpc) is 2.47. The van der Waals surface area contributed by atoms with E-state index in [-0.39, 0.29) is 10.9 Å². The summed E-state index contributed by atoms with van der Waals surface area (Å²) in [4.78, 5) is 11.9. The first-order valence-corrected chi connectivity index (χ1v) is 6.26. The van der Waals surface area contributed by atoms with Crippen molar-refractivity contribution < 1.29 is 13.2 Å². The van der Waals surface area contributed by atoms with Gasteiger partial charge in [-0.05, 0) is 24.3 Å². The normalized spacial score (nSPS) is 11.8. The number of nitrogens with zero attached hydrogens (tertiary/aromatic N) is 1. The highest BCUT2D eigenvalue weighted by atomic mass is 19.4. The highest BCUT2D eigenvalue weighted by Gasteiger charge is 2.35. The summed E-state index contributed by atoms with van der Waals surface area (Å²) in [6, 6.07) is 15.1. The summed E-state index contributed by atoms with van der Waals surface area (Å²) in [5.41, 5.74) is -1.01. The van der Waals surface area contributed by atoms with Gasteiger partial charge < -0.3 is 4.57 Å². The number of alkyl halides is 3. The van der Waals surface area contributed by atoms with E-state index in [9.17, 15) is 18.0 Å². The zero-order valence-electron chi connectivity index (χ0n) is 10.8. The minimum Gasteiger partial charge on any atom is -0.305 e. The standard InChI is InChI=1S/C16H10F3NO/c17-16(18,19)15-10-14(21)12-8-4-5-9-13(12)20(15)11-6-2-1-3-7-11/h1-10H. The van der Waals surface area contributed by atoms with Crippen LogP contribution in [0.1, 0.15) is 5.69 Å². The molecule has 0 amide bonds. The minimum absolute atomic E-state index is 0.239. The summed E-state index contributed by atoms with van der Waals surface area (Å²) in [6.07, 6.45) is -4.61. The van der Waals surface area contributed by atoms with Crippen LogP contribution in [0.2, 0.25) is 0 Å². The molecule has 3 rings (SSSR count). The summed E-state index contributed by atoms with van der Waals surface area (Å²) in [7, 11) is 0. The Morgan fingerprint density at radius 3 is 2.14 bits per heavy atom. The Kier molecular flexibility index (Phi) is 3.05. The monoisotopic (exact) mass is 289 g/mol. The quantitative estimate of drug-likeness (QED) is 0.663. The van der Waals surface area contributed by atoms with E-state index in [0.29, 0.717) is 11.8 Å². The molecule has 0 radical (unpaired) electrons. The summed E-state index contributed by atoms with van der Waals surface area (Å²) in [5, 5.41) is 0.259. The van der Waals surface area contributed by atoms with Gasteiger partial charge in [-0.25, -0.2) is 0 Å². The van der Waals surface area contributed by atoms with Gasteiger partial charge >= 0.3 is 6.18 Å². The van der Waals surface area contributed by atoms with Gasteiger partial charge in [0.1, 0.15) is 5.69 Å². The van der Waals surface area contributed by atoms with Crippen LogP contribution in [0, 0.1) is 0 Å². The molecule has 3 aromatic rings. The average molecular weight is 289 g/mol. The molecule has 0 bridgehead atoms. The van der Waals surface area contributed by atoms with E-state index in [0.717, 1.165) is 4.57 Å². The van der Waals surface area contributed by atoms with Crippen LogP contribution in [0.3, 0.4) is 0 Å². The lowest BCUT2D eigenvalue weighted by Crippen LogP contribution is -2.20. The molecule has 2 aromatic carbocycles. The fraction of sp³-hybridized carbons (Fsp3) is 0.0625. The predicted molar refractivity (Wildman–Crippen MR) is 74.5 cm³/mol. The van der Waals surface area contributed by atoms with Gasteiger partial charge in [0.05, 0.1) is 5.52 Å². The van der Waals surface area contributed by atoms with Gasteiger partial charge in [0.15, 0.2) is 5.43 Å². The van der Waals surface area contributed by atoms with Crippen LogP contribution in [0.25, 0.3) is 16.6 Å². The number of hydrogen-bond donors (Lipinski definition) is 0. The maximum Gasteiger partial charge on any atom is 0.431 e. The summed E-state index contributed by atoms with van der Waals surface area (Å²) in [6.45, 7) is 0. The topological polar surface area (TPSA) is 22.0 Å². The third-order valence-corrected chi connectivity index (χ3v) is 3.22. The van der Waals surface area contributed by atoms with Crippen LogP contribution in [-0.2, 0) is 6.18 Å². The lowest BCUT2D eigenvalue weighted by molar-refractivity contribution is -0.142. The minimum atomic E-state index is -4.61. The van der Waals surface area contributed by atoms with Crippen LogP contribution in [0.5, 0.6) is 0 Å². The van der Waals surface area contributed by atoms with Crippen molar-refractivity contribution in [2.45, 2.75) is 6.18 Å². The number of fused-ring (bicyclic) bond motifs is 1. The van der Waals surface area contributed by atoms with Gasteiger partial charge in [-0.2, -0.15) is 13.2 Å². The lowest BCUT2D eigenvalue weighted by Gasteiger charge is -2.18. The highest BCUT2D eigenvalue weighted by molar-refractivity contribution is 5.81. The molecule has 0 saturated heterocycles. The van der Waals surface area contributed by atoms with Crippen LogP contribution >= 0.6 is 0 Å². The van der Waals surface area contributed by atoms with Gasteiger partial charge in [-0.1, -0.05) is 30.3 Å². The van der Waals surface area contributed by atoms with Crippen LogP contribution in [0.4, 0.5) is 13.2 Å². The van der Waals surface area contributed by atoms with Crippen molar-refractivity contribution in [2.75, 3.05) is 0 Å². The molecule has 0 fully saturated rings. The second kappa shape index (κ2) is 4.77. The number of halogens is 3. The van der Waals surface area contributed by atoms with E-state index in [1.165, 1.54) is 12.1 Å². The fourth-order valence-electron chi connectivity index (χ4n) is 2.34. The first kappa shape index (κ1) is 13.4. The molecule has 0 aliphatic heterocycles. The van der Waals surface area contributed by atoms with Crippen molar-refractivity contribution in [1.29, 1.82) is 0 Å². The van der Waals surface area contributed by atoms with E-state index < -0.39 is 17.3 Å². The molecule has 5 heteroatoms. The Hall–Kier alpha value is -2.56. The van der Waals surface area contributed by atoms with Gasteiger partial charge in [0, 0.05) is 17.1 Å². The number of benzene rings is 2. The zero-order valence-corrected chi connectivity index (χ0v) is 10.8. The Morgan fingerprint density at radius 2 is 1.48 bits per heavy atom. The summed E-state index contributed by atoms with van der Waals surface area (Å²) in [5.74, 6) is 0. The number of hydrogen-bond acceptors (Lipinski definition) is 1. The van der Waals surface area contributed by atoms with Gasteiger partial charge in [0.2, 0.25) is 0 Å². The summed E-state index contributed by atoms with van der Waals surface area (Å²) >= 11 is 0. The third-order valence-electron chi connectivity index (χ3n) is 3.22. The Balaban J connectivity index is 2.50. The van der Waals surface area contributed by atoms with E-state index >= 15 is 0 Å². The van der Waals surface area contributed by atoms with Crippen molar-refractivity contribution in [2.24, 2.45) is 0 Å². The van der Waals surface area contributed by atoms with Crippen molar-refractivity contribution in [3.8, 4) is 5.69 Å². The van der Waals surface area contributed by atoms with Crippen molar-refractivity contribution in [3.63, 3.8) is 0 Å². The molecular formula is C16H10F3NO. The summed E-state index contributed by atoms with van der Waals surface area (Å²) < 4.78 is 40.9. The number of rotatable bonds is 1. The molecule has 0 saturated carbocycles. The van der Waals surface area contributed by atoms with Crippen molar-refractivity contribution >= 4 is 10.9 Å². The second-order valence-corrected chi connectivity index (χ2v) is 4.58. The maximum absolute atomic E-state index is 13.3. The predicted octanol–water partition coefficient (Wildman–Crippen LogP) is 4.01. The SMILES string of the molecule is O=c1cc(C(F)(F)F)n(-c2ccccc2)c2ccccc12. The van der Waals surface area contributed by atoms with Crippen LogP contribution in [-0.4, -0.2) is 4.57 Å². The molecule has 21 heavy (non-hydrogen) atoms. The largest absolute Gasteiger partial charge is 0.431 e. The maximum atomic E-state index is 13.3.